The summed E-state index contributed by atoms with van der Waals surface area (Å²) in [7, 11) is 0. The molecule has 6 unspecified atom stereocenters. The molecular formula is C51H84O9. The summed E-state index contributed by atoms with van der Waals surface area (Å²) >= 11 is 0. The van der Waals surface area contributed by atoms with Crippen molar-refractivity contribution in [1.82, 2.24) is 0 Å². The van der Waals surface area contributed by atoms with Gasteiger partial charge < -0.3 is 39.4 Å². The molecule has 0 aromatic heterocycles. The van der Waals surface area contributed by atoms with E-state index in [9.17, 15) is 25.2 Å². The first kappa shape index (κ1) is 55.1. The molecule has 1 aliphatic rings. The van der Waals surface area contributed by atoms with E-state index in [-0.39, 0.29) is 25.6 Å². The Bertz CT molecular complexity index is 1230. The van der Waals surface area contributed by atoms with Crippen molar-refractivity contribution in [2.75, 3.05) is 26.4 Å². The standard InChI is InChI=1S/C51H84O9/c1-3-5-7-9-11-13-15-17-19-21-22-23-25-27-29-31-33-35-37-39-41-57-43-45(44-58-51-50(56)49(55)48(54)46(42-52)60-51)59-47(53)40-38-36-34-32-30-28-26-24-20-18-16-14-12-10-8-6-4-2/h5,7,11-14,17-20,22-23,27,29,33,35,45-46,48-52,54-56H,3-4,6,8-10,15-16,21,24-26,28,30-32,34,36-44H2,1-2H3/b7-5-,13-11-,14-12-,19-17-,20-18-,23-22-,29-27-,35-33-. The maximum atomic E-state index is 12.8. The number of carbonyl (C=O) groups is 1. The zero-order chi connectivity index (χ0) is 43.6. The molecule has 1 heterocycles. The van der Waals surface area contributed by atoms with Crippen LogP contribution >= 0.6 is 0 Å². The molecule has 0 radical (unpaired) electrons. The molecule has 1 saturated heterocycles. The maximum Gasteiger partial charge on any atom is 0.306 e. The van der Waals surface area contributed by atoms with Crippen LogP contribution in [0.1, 0.15) is 155 Å². The lowest BCUT2D eigenvalue weighted by Gasteiger charge is -2.39. The van der Waals surface area contributed by atoms with Gasteiger partial charge in [0.1, 0.15) is 30.5 Å². The summed E-state index contributed by atoms with van der Waals surface area (Å²) in [6.45, 7) is 4.24. The van der Waals surface area contributed by atoms with E-state index in [2.05, 4.69) is 111 Å². The smallest absolute Gasteiger partial charge is 0.306 e. The van der Waals surface area contributed by atoms with Crippen molar-refractivity contribution in [3.8, 4) is 0 Å². The molecule has 9 heteroatoms. The molecule has 0 spiro atoms. The molecule has 60 heavy (non-hydrogen) atoms. The van der Waals surface area contributed by atoms with Gasteiger partial charge in [-0.2, -0.15) is 0 Å². The Morgan fingerprint density at radius 3 is 1.53 bits per heavy atom. The minimum atomic E-state index is -1.55. The summed E-state index contributed by atoms with van der Waals surface area (Å²) in [4.78, 5) is 12.8. The zero-order valence-electron chi connectivity index (χ0n) is 37.4. The number of carbonyl (C=O) groups excluding carboxylic acids is 1. The monoisotopic (exact) mass is 841 g/mol. The highest BCUT2D eigenvalue weighted by Crippen LogP contribution is 2.22. The molecule has 0 aromatic carbocycles. The number of esters is 1. The lowest BCUT2D eigenvalue weighted by Crippen LogP contribution is -2.59. The van der Waals surface area contributed by atoms with Crippen LogP contribution < -0.4 is 0 Å². The molecule has 6 atom stereocenters. The predicted octanol–water partition coefficient (Wildman–Crippen LogP) is 10.8. The number of unbranched alkanes of at least 4 members (excludes halogenated alkanes) is 11. The minimum absolute atomic E-state index is 0.0951. The third-order valence-corrected chi connectivity index (χ3v) is 9.98. The molecule has 1 fully saturated rings. The molecule has 1 aliphatic heterocycles. The fourth-order valence-electron chi connectivity index (χ4n) is 6.36. The van der Waals surface area contributed by atoms with Crippen molar-refractivity contribution < 1.29 is 44.2 Å². The number of allylic oxidation sites excluding steroid dienone is 16. The predicted molar refractivity (Wildman–Crippen MR) is 246 cm³/mol. The van der Waals surface area contributed by atoms with Crippen molar-refractivity contribution in [3.05, 3.63) is 97.2 Å². The van der Waals surface area contributed by atoms with Crippen molar-refractivity contribution in [3.63, 3.8) is 0 Å². The van der Waals surface area contributed by atoms with Crippen LogP contribution in [0.2, 0.25) is 0 Å². The lowest BCUT2D eigenvalue weighted by atomic mass is 9.99. The van der Waals surface area contributed by atoms with Crippen LogP contribution in [0.25, 0.3) is 0 Å². The number of ether oxygens (including phenoxy) is 4. The molecule has 0 amide bonds. The number of aliphatic hydroxyl groups excluding tert-OH is 4. The normalized spacial score (nSPS) is 20.9. The highest BCUT2D eigenvalue weighted by atomic mass is 16.7. The number of rotatable bonds is 38. The third-order valence-electron chi connectivity index (χ3n) is 9.98. The number of hydrogen-bond acceptors (Lipinski definition) is 9. The Balaban J connectivity index is 2.32. The fourth-order valence-corrected chi connectivity index (χ4v) is 6.36. The Morgan fingerprint density at radius 1 is 0.550 bits per heavy atom. The van der Waals surface area contributed by atoms with Gasteiger partial charge in [0.25, 0.3) is 0 Å². The van der Waals surface area contributed by atoms with Gasteiger partial charge in [-0.05, 0) is 89.9 Å². The molecule has 4 N–H and O–H groups in total. The van der Waals surface area contributed by atoms with Crippen LogP contribution in [0.5, 0.6) is 0 Å². The Kier molecular flexibility index (Phi) is 38.1. The molecule has 0 saturated carbocycles. The van der Waals surface area contributed by atoms with E-state index in [0.29, 0.717) is 6.61 Å². The van der Waals surface area contributed by atoms with Crippen LogP contribution in [-0.4, -0.2) is 89.6 Å². The Labute approximate surface area is 364 Å². The first-order chi connectivity index (χ1) is 29.4. The van der Waals surface area contributed by atoms with Gasteiger partial charge in [0.15, 0.2) is 6.29 Å². The van der Waals surface area contributed by atoms with Gasteiger partial charge >= 0.3 is 5.97 Å². The highest BCUT2D eigenvalue weighted by Gasteiger charge is 2.44. The maximum absolute atomic E-state index is 12.8. The zero-order valence-corrected chi connectivity index (χ0v) is 37.4. The lowest BCUT2D eigenvalue weighted by molar-refractivity contribution is -0.305. The highest BCUT2D eigenvalue weighted by molar-refractivity contribution is 5.69. The molecule has 342 valence electrons. The van der Waals surface area contributed by atoms with E-state index < -0.39 is 43.4 Å². The molecule has 0 bridgehead atoms. The molecular weight excluding hydrogens is 757 g/mol. The van der Waals surface area contributed by atoms with Crippen LogP contribution in [-0.2, 0) is 23.7 Å². The Morgan fingerprint density at radius 2 is 1.02 bits per heavy atom. The van der Waals surface area contributed by atoms with Gasteiger partial charge in [0.05, 0.1) is 19.8 Å². The summed E-state index contributed by atoms with van der Waals surface area (Å²) < 4.78 is 22.7. The van der Waals surface area contributed by atoms with Gasteiger partial charge in [0, 0.05) is 13.0 Å². The van der Waals surface area contributed by atoms with Crippen LogP contribution in [0.4, 0.5) is 0 Å². The topological polar surface area (TPSA) is 135 Å². The second-order valence-corrected chi connectivity index (χ2v) is 15.5. The minimum Gasteiger partial charge on any atom is -0.457 e. The molecule has 9 nitrogen and oxygen atoms in total. The average Bonchev–Trinajstić information content (AvgIpc) is 3.25. The van der Waals surface area contributed by atoms with Crippen molar-refractivity contribution in [2.45, 2.75) is 192 Å². The van der Waals surface area contributed by atoms with E-state index in [1.54, 1.807) is 0 Å². The second kappa shape index (κ2) is 41.5. The van der Waals surface area contributed by atoms with Crippen LogP contribution in [0.15, 0.2) is 97.2 Å². The van der Waals surface area contributed by atoms with E-state index in [1.807, 2.05) is 0 Å². The largest absolute Gasteiger partial charge is 0.457 e. The van der Waals surface area contributed by atoms with E-state index in [1.165, 1.54) is 44.9 Å². The average molecular weight is 841 g/mol. The fraction of sp³-hybridized carbons (Fsp3) is 0.667. The van der Waals surface area contributed by atoms with E-state index >= 15 is 0 Å². The van der Waals surface area contributed by atoms with Crippen molar-refractivity contribution >= 4 is 5.97 Å². The van der Waals surface area contributed by atoms with E-state index in [0.717, 1.165) is 89.9 Å². The van der Waals surface area contributed by atoms with Gasteiger partial charge in [0.2, 0.25) is 0 Å². The van der Waals surface area contributed by atoms with Gasteiger partial charge in [-0.1, -0.05) is 156 Å². The Hall–Kier alpha value is -2.89. The summed E-state index contributed by atoms with van der Waals surface area (Å²) in [5, 5.41) is 40.1. The summed E-state index contributed by atoms with van der Waals surface area (Å²) in [5.74, 6) is -0.346. The number of aliphatic hydroxyl groups is 4. The van der Waals surface area contributed by atoms with Gasteiger partial charge in [-0.3, -0.25) is 4.79 Å². The molecule has 0 aromatic rings. The molecule has 1 rings (SSSR count). The van der Waals surface area contributed by atoms with Gasteiger partial charge in [-0.25, -0.2) is 0 Å². The van der Waals surface area contributed by atoms with E-state index in [4.69, 9.17) is 18.9 Å². The third kappa shape index (κ3) is 31.9. The first-order valence-electron chi connectivity index (χ1n) is 23.3. The number of hydrogen-bond donors (Lipinski definition) is 4. The molecule has 0 aliphatic carbocycles. The summed E-state index contributed by atoms with van der Waals surface area (Å²) in [5.41, 5.74) is 0. The van der Waals surface area contributed by atoms with Crippen molar-refractivity contribution in [2.24, 2.45) is 0 Å². The first-order valence-corrected chi connectivity index (χ1v) is 23.3. The summed E-state index contributed by atoms with van der Waals surface area (Å²) in [6.07, 6.45) is 50.1. The SMILES string of the molecule is CC/C=C\C/C=C\C/C=C\C/C=C\C/C=C\C/C=C\CCCOCC(COC1OC(CO)C(O)C(O)C1O)OC(=O)CCCCCCCCC/C=C\C/C=C\CCCCC. The van der Waals surface area contributed by atoms with Crippen LogP contribution in [0.3, 0.4) is 0 Å². The quantitative estimate of drug-likeness (QED) is 0.0272. The van der Waals surface area contributed by atoms with Crippen LogP contribution in [0, 0.1) is 0 Å². The second-order valence-electron chi connectivity index (χ2n) is 15.5. The van der Waals surface area contributed by atoms with Gasteiger partial charge in [-0.15, -0.1) is 0 Å². The summed E-state index contributed by atoms with van der Waals surface area (Å²) in [6, 6.07) is 0. The van der Waals surface area contributed by atoms with Crippen molar-refractivity contribution in [1.29, 1.82) is 0 Å².